The summed E-state index contributed by atoms with van der Waals surface area (Å²) in [7, 11) is 0. The summed E-state index contributed by atoms with van der Waals surface area (Å²) in [6.07, 6.45) is 3.58. The highest BCUT2D eigenvalue weighted by atomic mass is 14.8. The summed E-state index contributed by atoms with van der Waals surface area (Å²) in [5, 5.41) is 1.08. The van der Waals surface area contributed by atoms with E-state index in [1.807, 2.05) is 78.9 Å². The number of aromatic nitrogens is 2. The smallest absolute Gasteiger partial charge is 0.0966 e. The molecule has 0 spiro atoms. The van der Waals surface area contributed by atoms with E-state index in [1.54, 1.807) is 12.4 Å². The van der Waals surface area contributed by atoms with E-state index < -0.39 is 0 Å². The monoisotopic (exact) mass is 309 g/mol. The molecule has 0 aliphatic rings. The number of para-hydroxylation sites is 1. The van der Waals surface area contributed by atoms with Crippen LogP contribution in [0.5, 0.6) is 0 Å². The van der Waals surface area contributed by atoms with Crippen LogP contribution in [0.3, 0.4) is 0 Å². The molecular formula is C21H15N3. The lowest BCUT2D eigenvalue weighted by atomic mass is 10.1. The molecule has 0 aliphatic heterocycles. The number of fused-ring (bicyclic) bond motifs is 1. The topological polar surface area (TPSA) is 38.1 Å². The number of hydrogen-bond donors (Lipinski definition) is 0. The Balaban J connectivity index is 1.95. The van der Waals surface area contributed by atoms with Crippen molar-refractivity contribution >= 4 is 22.3 Å². The number of nitrogens with zero attached hydrogens (tertiary/aromatic N) is 3. The summed E-state index contributed by atoms with van der Waals surface area (Å²) < 4.78 is 0. The second-order valence-corrected chi connectivity index (χ2v) is 5.39. The number of pyridine rings is 2. The van der Waals surface area contributed by atoms with Crippen molar-refractivity contribution < 1.29 is 0 Å². The van der Waals surface area contributed by atoms with E-state index in [0.29, 0.717) is 0 Å². The Kier molecular flexibility index (Phi) is 3.82. The van der Waals surface area contributed by atoms with Crippen LogP contribution in [0, 0.1) is 0 Å². The van der Waals surface area contributed by atoms with E-state index in [1.165, 1.54) is 0 Å². The lowest BCUT2D eigenvalue weighted by Gasteiger charge is -2.08. The summed E-state index contributed by atoms with van der Waals surface area (Å²) in [4.78, 5) is 13.9. The normalized spacial score (nSPS) is 11.6. The molecule has 2 aromatic carbocycles. The van der Waals surface area contributed by atoms with Crippen molar-refractivity contribution in [1.29, 1.82) is 0 Å². The molecule has 0 N–H and O–H groups in total. The third-order valence-corrected chi connectivity index (χ3v) is 3.80. The van der Waals surface area contributed by atoms with Crippen molar-refractivity contribution in [1.82, 2.24) is 9.97 Å². The number of rotatable bonds is 3. The predicted octanol–water partition coefficient (Wildman–Crippen LogP) is 4.80. The molecular weight excluding hydrogens is 294 g/mol. The molecule has 0 unspecified atom stereocenters. The molecule has 0 saturated heterocycles. The summed E-state index contributed by atoms with van der Waals surface area (Å²) in [6, 6.07) is 26.0. The Morgan fingerprint density at radius 2 is 1.46 bits per heavy atom. The van der Waals surface area contributed by atoms with Crippen LogP contribution in [0.15, 0.2) is 96.2 Å². The second kappa shape index (κ2) is 6.42. The van der Waals surface area contributed by atoms with Gasteiger partial charge in [0.1, 0.15) is 0 Å². The summed E-state index contributed by atoms with van der Waals surface area (Å²) in [5.41, 5.74) is 4.46. The molecule has 2 aromatic heterocycles. The first kappa shape index (κ1) is 14.3. The summed E-state index contributed by atoms with van der Waals surface area (Å²) in [5.74, 6) is 0. The average Bonchev–Trinajstić information content (AvgIpc) is 2.67. The maximum atomic E-state index is 4.92. The van der Waals surface area contributed by atoms with Gasteiger partial charge >= 0.3 is 0 Å². The molecule has 4 rings (SSSR count). The average molecular weight is 309 g/mol. The highest BCUT2D eigenvalue weighted by Crippen LogP contribution is 2.25. The fourth-order valence-corrected chi connectivity index (χ4v) is 2.67. The minimum atomic E-state index is 0.842. The van der Waals surface area contributed by atoms with Gasteiger partial charge in [-0.25, -0.2) is 4.99 Å². The first-order valence-corrected chi connectivity index (χ1v) is 7.81. The molecule has 4 aromatic rings. The van der Waals surface area contributed by atoms with Crippen molar-refractivity contribution in [3.63, 3.8) is 0 Å². The van der Waals surface area contributed by atoms with Gasteiger partial charge in [-0.3, -0.25) is 9.97 Å². The highest BCUT2D eigenvalue weighted by Gasteiger charge is 2.09. The van der Waals surface area contributed by atoms with Crippen LogP contribution in [-0.4, -0.2) is 15.7 Å². The minimum absolute atomic E-state index is 0.842. The second-order valence-electron chi connectivity index (χ2n) is 5.39. The molecule has 0 atom stereocenters. The van der Waals surface area contributed by atoms with E-state index in [0.717, 1.165) is 33.6 Å². The zero-order chi connectivity index (χ0) is 16.2. The standard InChI is InChI=1S/C21H15N3/c1-2-8-17(9-3-1)21(18-12-4-5-14-22-18)24-19-13-6-10-16-11-7-15-23-20(16)19/h1-15H. The Hall–Kier alpha value is -3.33. The lowest BCUT2D eigenvalue weighted by Crippen LogP contribution is -2.05. The molecule has 24 heavy (non-hydrogen) atoms. The van der Waals surface area contributed by atoms with Crippen LogP contribution in [-0.2, 0) is 0 Å². The first-order valence-electron chi connectivity index (χ1n) is 7.81. The van der Waals surface area contributed by atoms with Crippen molar-refractivity contribution in [3.8, 4) is 0 Å². The Bertz CT molecular complexity index is 946. The van der Waals surface area contributed by atoms with Crippen LogP contribution in [0.25, 0.3) is 10.9 Å². The molecule has 3 nitrogen and oxygen atoms in total. The van der Waals surface area contributed by atoms with Gasteiger partial charge in [0.05, 0.1) is 22.6 Å². The van der Waals surface area contributed by atoms with Gasteiger partial charge in [-0.2, -0.15) is 0 Å². The van der Waals surface area contributed by atoms with Crippen LogP contribution in [0.1, 0.15) is 11.3 Å². The van der Waals surface area contributed by atoms with Crippen molar-refractivity contribution in [2.75, 3.05) is 0 Å². The van der Waals surface area contributed by atoms with E-state index in [-0.39, 0.29) is 0 Å². The van der Waals surface area contributed by atoms with Crippen molar-refractivity contribution in [2.24, 2.45) is 4.99 Å². The Morgan fingerprint density at radius 1 is 0.667 bits per heavy atom. The number of benzene rings is 2. The van der Waals surface area contributed by atoms with Gasteiger partial charge < -0.3 is 0 Å². The molecule has 0 saturated carbocycles. The van der Waals surface area contributed by atoms with Gasteiger partial charge in [0, 0.05) is 23.3 Å². The highest BCUT2D eigenvalue weighted by molar-refractivity contribution is 6.13. The number of aliphatic imine (C=N–C) groups is 1. The molecule has 0 amide bonds. The Labute approximate surface area is 140 Å². The minimum Gasteiger partial charge on any atom is -0.255 e. The van der Waals surface area contributed by atoms with Crippen LogP contribution < -0.4 is 0 Å². The maximum Gasteiger partial charge on any atom is 0.0966 e. The van der Waals surface area contributed by atoms with Gasteiger partial charge in [0.15, 0.2) is 0 Å². The fraction of sp³-hybridized carbons (Fsp3) is 0. The summed E-state index contributed by atoms with van der Waals surface area (Å²) in [6.45, 7) is 0. The molecule has 2 heterocycles. The molecule has 0 bridgehead atoms. The van der Waals surface area contributed by atoms with Gasteiger partial charge in [-0.1, -0.05) is 54.6 Å². The zero-order valence-electron chi connectivity index (χ0n) is 13.0. The first-order chi connectivity index (χ1) is 11.9. The van der Waals surface area contributed by atoms with Crippen molar-refractivity contribution in [2.45, 2.75) is 0 Å². The Morgan fingerprint density at radius 3 is 2.29 bits per heavy atom. The van der Waals surface area contributed by atoms with Gasteiger partial charge in [-0.05, 0) is 24.3 Å². The van der Waals surface area contributed by atoms with E-state index in [2.05, 4.69) is 9.97 Å². The van der Waals surface area contributed by atoms with E-state index in [4.69, 9.17) is 4.99 Å². The molecule has 0 aliphatic carbocycles. The fourth-order valence-electron chi connectivity index (χ4n) is 2.67. The lowest BCUT2D eigenvalue weighted by molar-refractivity contribution is 1.28. The third-order valence-electron chi connectivity index (χ3n) is 3.80. The predicted molar refractivity (Wildman–Crippen MR) is 97.7 cm³/mol. The van der Waals surface area contributed by atoms with Crippen LogP contribution in [0.2, 0.25) is 0 Å². The third kappa shape index (κ3) is 2.79. The van der Waals surface area contributed by atoms with Crippen molar-refractivity contribution in [3.05, 3.63) is 103 Å². The molecule has 0 fully saturated rings. The molecule has 3 heteroatoms. The van der Waals surface area contributed by atoms with Crippen LogP contribution >= 0.6 is 0 Å². The van der Waals surface area contributed by atoms with Crippen LogP contribution in [0.4, 0.5) is 5.69 Å². The maximum absolute atomic E-state index is 4.92. The van der Waals surface area contributed by atoms with Gasteiger partial charge in [0.25, 0.3) is 0 Å². The quantitative estimate of drug-likeness (QED) is 0.510. The summed E-state index contributed by atoms with van der Waals surface area (Å²) >= 11 is 0. The van der Waals surface area contributed by atoms with E-state index >= 15 is 0 Å². The number of hydrogen-bond acceptors (Lipinski definition) is 3. The van der Waals surface area contributed by atoms with Gasteiger partial charge in [-0.15, -0.1) is 0 Å². The molecule has 0 radical (unpaired) electrons. The SMILES string of the molecule is c1ccc(C(=Nc2cccc3cccnc23)c2ccccn2)cc1. The van der Waals surface area contributed by atoms with Gasteiger partial charge in [0.2, 0.25) is 0 Å². The largest absolute Gasteiger partial charge is 0.255 e. The molecule has 114 valence electrons. The zero-order valence-corrected chi connectivity index (χ0v) is 13.0. The van der Waals surface area contributed by atoms with E-state index in [9.17, 15) is 0 Å².